The van der Waals surface area contributed by atoms with Crippen molar-refractivity contribution < 1.29 is 9.59 Å². The number of carbonyl (C=O) groups is 2. The van der Waals surface area contributed by atoms with Gasteiger partial charge in [-0.1, -0.05) is 11.3 Å². The Labute approximate surface area is 149 Å². The number of aromatic nitrogens is 3. The van der Waals surface area contributed by atoms with E-state index in [0.29, 0.717) is 18.7 Å². The summed E-state index contributed by atoms with van der Waals surface area (Å²) in [5.74, 6) is 0.000311. The van der Waals surface area contributed by atoms with Gasteiger partial charge in [-0.15, -0.1) is 11.7 Å². The maximum Gasteiger partial charge on any atom is 0.273 e. The van der Waals surface area contributed by atoms with Crippen LogP contribution in [0.4, 0.5) is 0 Å². The lowest BCUT2D eigenvalue weighted by molar-refractivity contribution is -0.135. The summed E-state index contributed by atoms with van der Waals surface area (Å²) in [5, 5.41) is 10.8. The molecule has 25 heavy (non-hydrogen) atoms. The number of allylic oxidation sites excluding steroid dienone is 1. The highest BCUT2D eigenvalue weighted by molar-refractivity contribution is 5.91. The summed E-state index contributed by atoms with van der Waals surface area (Å²) >= 11 is 0. The molecule has 2 heterocycles. The molecule has 138 valence electrons. The number of aryl methyl sites for hydroxylation is 1. The van der Waals surface area contributed by atoms with Gasteiger partial charge in [0, 0.05) is 31.6 Å². The SMILES string of the molecule is C=CCCC(=O)N1CCCC[C@H]1CCn1cc(C(=O)NC(C)C)nn1. The fourth-order valence-corrected chi connectivity index (χ4v) is 3.13. The van der Waals surface area contributed by atoms with E-state index in [4.69, 9.17) is 0 Å². The molecule has 1 aliphatic heterocycles. The third kappa shape index (κ3) is 5.69. The van der Waals surface area contributed by atoms with Gasteiger partial charge >= 0.3 is 0 Å². The van der Waals surface area contributed by atoms with E-state index in [0.717, 1.165) is 38.6 Å². The lowest BCUT2D eigenvalue weighted by Gasteiger charge is -2.36. The fraction of sp³-hybridized carbons (Fsp3) is 0.667. The molecule has 0 spiro atoms. The van der Waals surface area contributed by atoms with E-state index >= 15 is 0 Å². The summed E-state index contributed by atoms with van der Waals surface area (Å²) in [7, 11) is 0. The molecule has 1 fully saturated rings. The first-order valence-electron chi connectivity index (χ1n) is 9.12. The predicted octanol–water partition coefficient (Wildman–Crippen LogP) is 2.15. The molecule has 0 bridgehead atoms. The Bertz CT molecular complexity index is 596. The van der Waals surface area contributed by atoms with Crippen LogP contribution in [0.15, 0.2) is 18.9 Å². The van der Waals surface area contributed by atoms with Crippen molar-refractivity contribution in [3.05, 3.63) is 24.5 Å². The van der Waals surface area contributed by atoms with Crippen molar-refractivity contribution in [2.45, 2.75) is 71.0 Å². The molecule has 1 saturated heterocycles. The van der Waals surface area contributed by atoms with Crippen LogP contribution in [0.3, 0.4) is 0 Å². The van der Waals surface area contributed by atoms with E-state index in [1.807, 2.05) is 18.7 Å². The standard InChI is InChI=1S/C18H29N5O2/c1-4-5-9-17(24)23-11-7-6-8-15(23)10-12-22-13-16(20-21-22)18(25)19-14(2)3/h4,13-15H,1,5-12H2,2-3H3,(H,19,25)/t15-/m0/s1. The van der Waals surface area contributed by atoms with Gasteiger partial charge in [-0.25, -0.2) is 0 Å². The van der Waals surface area contributed by atoms with Crippen LogP contribution in [-0.4, -0.2) is 50.3 Å². The van der Waals surface area contributed by atoms with Crippen molar-refractivity contribution in [1.29, 1.82) is 0 Å². The summed E-state index contributed by atoms with van der Waals surface area (Å²) in [6, 6.07) is 0.304. The van der Waals surface area contributed by atoms with Crippen LogP contribution in [0.5, 0.6) is 0 Å². The third-order valence-corrected chi connectivity index (χ3v) is 4.39. The molecule has 0 unspecified atom stereocenters. The molecule has 1 aromatic rings. The summed E-state index contributed by atoms with van der Waals surface area (Å²) in [6.07, 6.45) is 8.78. The number of nitrogens with one attached hydrogen (secondary N) is 1. The second-order valence-corrected chi connectivity index (χ2v) is 6.85. The molecule has 0 saturated carbocycles. The number of carbonyl (C=O) groups excluding carboxylic acids is 2. The summed E-state index contributed by atoms with van der Waals surface area (Å²) in [6.45, 7) is 8.98. The maximum atomic E-state index is 12.4. The molecule has 2 amide bonds. The predicted molar refractivity (Wildman–Crippen MR) is 96.0 cm³/mol. The largest absolute Gasteiger partial charge is 0.348 e. The second kappa shape index (κ2) is 9.34. The quantitative estimate of drug-likeness (QED) is 0.731. The van der Waals surface area contributed by atoms with Gasteiger partial charge in [0.15, 0.2) is 5.69 Å². The first kappa shape index (κ1) is 19.1. The van der Waals surface area contributed by atoms with Crippen LogP contribution in [-0.2, 0) is 11.3 Å². The summed E-state index contributed by atoms with van der Waals surface area (Å²) in [4.78, 5) is 26.3. The van der Waals surface area contributed by atoms with Crippen molar-refractivity contribution in [2.24, 2.45) is 0 Å². The highest BCUT2D eigenvalue weighted by atomic mass is 16.2. The Morgan fingerprint density at radius 3 is 2.96 bits per heavy atom. The molecule has 1 aliphatic rings. The van der Waals surface area contributed by atoms with Crippen molar-refractivity contribution in [1.82, 2.24) is 25.2 Å². The second-order valence-electron chi connectivity index (χ2n) is 6.85. The Balaban J connectivity index is 1.90. The van der Waals surface area contributed by atoms with Gasteiger partial charge in [-0.2, -0.15) is 0 Å². The van der Waals surface area contributed by atoms with Gasteiger partial charge < -0.3 is 10.2 Å². The molecule has 2 rings (SSSR count). The van der Waals surface area contributed by atoms with E-state index < -0.39 is 0 Å². The van der Waals surface area contributed by atoms with Gasteiger partial charge in [0.25, 0.3) is 5.91 Å². The number of hydrogen-bond acceptors (Lipinski definition) is 4. The number of nitrogens with zero attached hydrogens (tertiary/aromatic N) is 4. The average molecular weight is 347 g/mol. The molecule has 1 aromatic heterocycles. The molecule has 7 heteroatoms. The smallest absolute Gasteiger partial charge is 0.273 e. The molecule has 1 atom stereocenters. The highest BCUT2D eigenvalue weighted by Gasteiger charge is 2.26. The average Bonchev–Trinajstić information content (AvgIpc) is 3.06. The Hall–Kier alpha value is -2.18. The monoisotopic (exact) mass is 347 g/mol. The Morgan fingerprint density at radius 2 is 2.24 bits per heavy atom. The zero-order chi connectivity index (χ0) is 18.2. The van der Waals surface area contributed by atoms with Crippen LogP contribution in [0.2, 0.25) is 0 Å². The first-order chi connectivity index (χ1) is 12.0. The number of amides is 2. The zero-order valence-electron chi connectivity index (χ0n) is 15.3. The molecular weight excluding hydrogens is 318 g/mol. The third-order valence-electron chi connectivity index (χ3n) is 4.39. The van der Waals surface area contributed by atoms with Gasteiger partial charge in [-0.05, 0) is 46.0 Å². The van der Waals surface area contributed by atoms with Crippen LogP contribution in [0, 0.1) is 0 Å². The number of rotatable bonds is 8. The van der Waals surface area contributed by atoms with Crippen molar-refractivity contribution in [3.8, 4) is 0 Å². The summed E-state index contributed by atoms with van der Waals surface area (Å²) < 4.78 is 1.69. The van der Waals surface area contributed by atoms with Gasteiger partial charge in [0.05, 0.1) is 6.20 Å². The van der Waals surface area contributed by atoms with Gasteiger partial charge in [0.2, 0.25) is 5.91 Å². The minimum absolute atomic E-state index is 0.0648. The molecule has 0 aliphatic carbocycles. The summed E-state index contributed by atoms with van der Waals surface area (Å²) in [5.41, 5.74) is 0.330. The van der Waals surface area contributed by atoms with Gasteiger partial charge in [0.1, 0.15) is 0 Å². The maximum absolute atomic E-state index is 12.4. The Kier molecular flexibility index (Phi) is 7.16. The van der Waals surface area contributed by atoms with Crippen LogP contribution >= 0.6 is 0 Å². The van der Waals surface area contributed by atoms with E-state index in [1.54, 1.807) is 17.0 Å². The first-order valence-corrected chi connectivity index (χ1v) is 9.12. The topological polar surface area (TPSA) is 80.1 Å². The van der Waals surface area contributed by atoms with Crippen molar-refractivity contribution in [3.63, 3.8) is 0 Å². The highest BCUT2D eigenvalue weighted by Crippen LogP contribution is 2.21. The van der Waals surface area contributed by atoms with E-state index in [2.05, 4.69) is 22.2 Å². The fourth-order valence-electron chi connectivity index (χ4n) is 3.13. The normalized spacial score (nSPS) is 17.6. The number of hydrogen-bond donors (Lipinski definition) is 1. The minimum Gasteiger partial charge on any atom is -0.348 e. The van der Waals surface area contributed by atoms with E-state index in [9.17, 15) is 9.59 Å². The molecule has 7 nitrogen and oxygen atoms in total. The van der Waals surface area contributed by atoms with E-state index in [-0.39, 0.29) is 23.9 Å². The molecule has 0 aromatic carbocycles. The minimum atomic E-state index is -0.208. The van der Waals surface area contributed by atoms with Crippen molar-refractivity contribution in [2.75, 3.05) is 6.54 Å². The van der Waals surface area contributed by atoms with Crippen LogP contribution in [0.1, 0.15) is 62.9 Å². The number of piperidine rings is 1. The molecule has 0 radical (unpaired) electrons. The van der Waals surface area contributed by atoms with Crippen LogP contribution < -0.4 is 5.32 Å². The van der Waals surface area contributed by atoms with E-state index in [1.165, 1.54) is 0 Å². The molecule has 1 N–H and O–H groups in total. The molecular formula is C18H29N5O2. The zero-order valence-corrected chi connectivity index (χ0v) is 15.3. The van der Waals surface area contributed by atoms with Crippen molar-refractivity contribution >= 4 is 11.8 Å². The van der Waals surface area contributed by atoms with Gasteiger partial charge in [-0.3, -0.25) is 14.3 Å². The number of likely N-dealkylation sites (tertiary alicyclic amines) is 1. The van der Waals surface area contributed by atoms with Crippen LogP contribution in [0.25, 0.3) is 0 Å². The Morgan fingerprint density at radius 1 is 1.44 bits per heavy atom. The lowest BCUT2D eigenvalue weighted by atomic mass is 9.98. The lowest BCUT2D eigenvalue weighted by Crippen LogP contribution is -2.44.